The van der Waals surface area contributed by atoms with Crippen LogP contribution in [-0.2, 0) is 9.53 Å². The first kappa shape index (κ1) is 12.0. The smallest absolute Gasteiger partial charge is 0.302 e. The third kappa shape index (κ3) is 11.7. The molecule has 0 rings (SSSR count). The number of rotatable bonds is 3. The molecule has 4 radical (unpaired) electrons. The van der Waals surface area contributed by atoms with Gasteiger partial charge >= 0.3 is 5.97 Å². The molecule has 0 N–H and O–H groups in total. The van der Waals surface area contributed by atoms with Crippen LogP contribution in [-0.4, -0.2) is 36.5 Å². The van der Waals surface area contributed by atoms with Gasteiger partial charge < -0.3 is 4.74 Å². The monoisotopic (exact) mass is 236 g/mol. The maximum Gasteiger partial charge on any atom is 0.302 e. The quantitative estimate of drug-likeness (QED) is 0.413. The average Bonchev–Trinajstić information content (AvgIpc) is 1.66. The van der Waals surface area contributed by atoms with E-state index in [4.69, 9.17) is 0 Å². The first-order chi connectivity index (χ1) is 3.77. The summed E-state index contributed by atoms with van der Waals surface area (Å²) in [6, 6.07) is 0. The summed E-state index contributed by atoms with van der Waals surface area (Å²) in [7, 11) is 0. The molecule has 0 unspecified atom stereocenters. The van der Waals surface area contributed by atoms with E-state index >= 15 is 0 Å². The summed E-state index contributed by atoms with van der Waals surface area (Å²) in [5.41, 5.74) is 0. The van der Waals surface area contributed by atoms with Crippen molar-refractivity contribution < 1.29 is 9.53 Å². The van der Waals surface area contributed by atoms with Gasteiger partial charge in [-0.1, -0.05) is 13.3 Å². The van der Waals surface area contributed by atoms with Gasteiger partial charge in [-0.15, -0.1) is 0 Å². The van der Waals surface area contributed by atoms with E-state index in [9.17, 15) is 4.79 Å². The summed E-state index contributed by atoms with van der Waals surface area (Å²) in [5, 5.41) is 0. The Labute approximate surface area is 72.9 Å². The molecular formula is C6H12O2Sn. The van der Waals surface area contributed by atoms with E-state index < -0.39 is 0 Å². The molecule has 0 aliphatic rings. The number of hydrogen-bond acceptors (Lipinski definition) is 2. The first-order valence-corrected chi connectivity index (χ1v) is 2.90. The summed E-state index contributed by atoms with van der Waals surface area (Å²) in [6.45, 7) is 4.06. The van der Waals surface area contributed by atoms with E-state index in [1.807, 2.05) is 0 Å². The van der Waals surface area contributed by atoms with Gasteiger partial charge in [0.25, 0.3) is 0 Å². The number of carbonyl (C=O) groups excluding carboxylic acids is 1. The van der Waals surface area contributed by atoms with Gasteiger partial charge in [-0.3, -0.25) is 4.79 Å². The Kier molecular flexibility index (Phi) is 11.0. The van der Waals surface area contributed by atoms with E-state index in [1.165, 1.54) is 6.92 Å². The molecule has 0 bridgehead atoms. The minimum absolute atomic E-state index is 0. The van der Waals surface area contributed by atoms with Gasteiger partial charge in [0.1, 0.15) is 0 Å². The molecular weight excluding hydrogens is 223 g/mol. The third-order valence-electron chi connectivity index (χ3n) is 0.803. The number of unbranched alkanes of at least 4 members (excludes halogenated alkanes) is 1. The van der Waals surface area contributed by atoms with Crippen LogP contribution in [0.3, 0.4) is 0 Å². The van der Waals surface area contributed by atoms with E-state index in [0.29, 0.717) is 6.61 Å². The second kappa shape index (κ2) is 8.27. The Morgan fingerprint density at radius 3 is 2.44 bits per heavy atom. The average molecular weight is 235 g/mol. The maximum absolute atomic E-state index is 10.1. The molecule has 0 atom stereocenters. The van der Waals surface area contributed by atoms with Gasteiger partial charge in [-0.2, -0.15) is 0 Å². The van der Waals surface area contributed by atoms with Crippen LogP contribution in [0.15, 0.2) is 0 Å². The van der Waals surface area contributed by atoms with Crippen molar-refractivity contribution in [2.75, 3.05) is 6.61 Å². The van der Waals surface area contributed by atoms with Crippen molar-refractivity contribution in [2.24, 2.45) is 0 Å². The van der Waals surface area contributed by atoms with Crippen LogP contribution in [0.1, 0.15) is 26.7 Å². The SMILES string of the molecule is CCCCOC(C)=O.[Sn]. The van der Waals surface area contributed by atoms with Crippen LogP contribution < -0.4 is 0 Å². The molecule has 52 valence electrons. The molecule has 3 heteroatoms. The Hall–Kier alpha value is 0.269. The van der Waals surface area contributed by atoms with Crippen LogP contribution in [0.5, 0.6) is 0 Å². The molecule has 0 aromatic heterocycles. The zero-order valence-corrected chi connectivity index (χ0v) is 8.79. The number of esters is 1. The summed E-state index contributed by atoms with van der Waals surface area (Å²) < 4.78 is 4.64. The van der Waals surface area contributed by atoms with E-state index in [2.05, 4.69) is 11.7 Å². The largest absolute Gasteiger partial charge is 0.466 e. The molecule has 0 heterocycles. The number of carbonyl (C=O) groups is 1. The van der Waals surface area contributed by atoms with E-state index in [0.717, 1.165) is 12.8 Å². The van der Waals surface area contributed by atoms with Crippen LogP contribution >= 0.6 is 0 Å². The molecule has 0 aromatic rings. The zero-order valence-electron chi connectivity index (χ0n) is 5.94. The van der Waals surface area contributed by atoms with Crippen LogP contribution in [0.25, 0.3) is 0 Å². The maximum atomic E-state index is 10.1. The second-order valence-corrected chi connectivity index (χ2v) is 1.69. The number of ether oxygens (including phenoxy) is 1. The third-order valence-corrected chi connectivity index (χ3v) is 0.803. The molecule has 0 amide bonds. The fourth-order valence-electron chi connectivity index (χ4n) is 0.360. The van der Waals surface area contributed by atoms with Gasteiger partial charge in [0.15, 0.2) is 0 Å². The topological polar surface area (TPSA) is 26.3 Å². The minimum atomic E-state index is -0.182. The van der Waals surface area contributed by atoms with Gasteiger partial charge in [0, 0.05) is 30.8 Å². The van der Waals surface area contributed by atoms with Crippen LogP contribution in [0, 0.1) is 0 Å². The molecule has 0 fully saturated rings. The summed E-state index contributed by atoms with van der Waals surface area (Å²) >= 11 is 0. The molecule has 0 saturated carbocycles. The van der Waals surface area contributed by atoms with Crippen LogP contribution in [0.2, 0.25) is 0 Å². The van der Waals surface area contributed by atoms with Crippen molar-refractivity contribution in [3.8, 4) is 0 Å². The number of hydrogen-bond donors (Lipinski definition) is 0. The first-order valence-electron chi connectivity index (χ1n) is 2.90. The molecule has 0 aromatic carbocycles. The predicted octanol–water partition coefficient (Wildman–Crippen LogP) is 0.969. The van der Waals surface area contributed by atoms with Crippen molar-refractivity contribution in [3.63, 3.8) is 0 Å². The van der Waals surface area contributed by atoms with Gasteiger partial charge in [-0.25, -0.2) is 0 Å². The molecule has 0 aliphatic carbocycles. The Bertz CT molecular complexity index is 73.5. The molecule has 2 nitrogen and oxygen atoms in total. The van der Waals surface area contributed by atoms with Gasteiger partial charge in [0.2, 0.25) is 0 Å². The molecule has 0 aliphatic heterocycles. The molecule has 0 spiro atoms. The second-order valence-electron chi connectivity index (χ2n) is 1.69. The van der Waals surface area contributed by atoms with Crippen molar-refractivity contribution in [2.45, 2.75) is 26.7 Å². The van der Waals surface area contributed by atoms with E-state index in [1.54, 1.807) is 0 Å². The Morgan fingerprint density at radius 2 is 2.11 bits per heavy atom. The summed E-state index contributed by atoms with van der Waals surface area (Å²) in [4.78, 5) is 10.1. The minimum Gasteiger partial charge on any atom is -0.466 e. The standard InChI is InChI=1S/C6H12O2.Sn/c1-3-4-5-8-6(2)7;/h3-5H2,1-2H3;. The molecule has 9 heavy (non-hydrogen) atoms. The zero-order chi connectivity index (χ0) is 6.41. The van der Waals surface area contributed by atoms with Crippen LogP contribution in [0.4, 0.5) is 0 Å². The Morgan fingerprint density at radius 1 is 1.56 bits per heavy atom. The fourth-order valence-corrected chi connectivity index (χ4v) is 0.360. The Balaban J connectivity index is 0. The van der Waals surface area contributed by atoms with Crippen molar-refractivity contribution in [1.29, 1.82) is 0 Å². The van der Waals surface area contributed by atoms with Crippen molar-refractivity contribution in [1.82, 2.24) is 0 Å². The predicted molar refractivity (Wildman–Crippen MR) is 37.3 cm³/mol. The van der Waals surface area contributed by atoms with Gasteiger partial charge in [-0.05, 0) is 6.42 Å². The normalized spacial score (nSPS) is 7.78. The summed E-state index contributed by atoms with van der Waals surface area (Å²) in [5.74, 6) is -0.182. The fraction of sp³-hybridized carbons (Fsp3) is 0.833. The van der Waals surface area contributed by atoms with E-state index in [-0.39, 0.29) is 29.9 Å². The van der Waals surface area contributed by atoms with Crippen molar-refractivity contribution in [3.05, 3.63) is 0 Å². The molecule has 0 saturated heterocycles. The summed E-state index contributed by atoms with van der Waals surface area (Å²) in [6.07, 6.45) is 2.05. The van der Waals surface area contributed by atoms with Gasteiger partial charge in [0.05, 0.1) is 6.61 Å². The van der Waals surface area contributed by atoms with Crippen molar-refractivity contribution >= 4 is 29.9 Å².